The van der Waals surface area contributed by atoms with Crippen LogP contribution in [0.2, 0.25) is 0 Å². The number of halogens is 1. The molecule has 0 saturated heterocycles. The van der Waals surface area contributed by atoms with Gasteiger partial charge in [-0.3, -0.25) is 4.79 Å². The Labute approximate surface area is 100 Å². The van der Waals surface area contributed by atoms with Crippen molar-refractivity contribution in [3.8, 4) is 6.07 Å². The number of ether oxygens (including phenoxy) is 1. The summed E-state index contributed by atoms with van der Waals surface area (Å²) >= 11 is 5.44. The van der Waals surface area contributed by atoms with Crippen LogP contribution in [0.4, 0.5) is 0 Å². The molecule has 5 nitrogen and oxygen atoms in total. The molecule has 2 N–H and O–H groups in total. The molecule has 0 heterocycles. The fraction of sp³-hybridized carbons (Fsp3) is 0.600. The second kappa shape index (κ2) is 10.3. The Hall–Kier alpha value is -1.25. The van der Waals surface area contributed by atoms with E-state index in [-0.39, 0.29) is 11.5 Å². The maximum atomic E-state index is 11.4. The lowest BCUT2D eigenvalue weighted by Gasteiger charge is -2.03. The van der Waals surface area contributed by atoms with Crippen molar-refractivity contribution in [1.82, 2.24) is 10.6 Å². The lowest BCUT2D eigenvalue weighted by molar-refractivity contribution is -0.117. The molecule has 1 amide bonds. The highest BCUT2D eigenvalue weighted by molar-refractivity contribution is 6.18. The van der Waals surface area contributed by atoms with Crippen molar-refractivity contribution in [2.45, 2.75) is 6.42 Å². The van der Waals surface area contributed by atoms with E-state index in [0.29, 0.717) is 25.6 Å². The van der Waals surface area contributed by atoms with Gasteiger partial charge in [0.2, 0.25) is 0 Å². The highest BCUT2D eigenvalue weighted by Gasteiger charge is 2.06. The summed E-state index contributed by atoms with van der Waals surface area (Å²) in [5.74, 6) is 0.0330. The van der Waals surface area contributed by atoms with Crippen molar-refractivity contribution >= 4 is 17.5 Å². The second-order valence-corrected chi connectivity index (χ2v) is 3.29. The summed E-state index contributed by atoms with van der Waals surface area (Å²) in [4.78, 5) is 11.4. The first-order valence-electron chi connectivity index (χ1n) is 4.93. The molecule has 0 aromatic carbocycles. The monoisotopic (exact) mass is 245 g/mol. The molecule has 0 aliphatic heterocycles. The summed E-state index contributed by atoms with van der Waals surface area (Å²) in [5, 5.41) is 14.1. The summed E-state index contributed by atoms with van der Waals surface area (Å²) in [6.07, 6.45) is 2.09. The number of methoxy groups -OCH3 is 1. The number of nitriles is 1. The summed E-state index contributed by atoms with van der Waals surface area (Å²) in [5.41, 5.74) is 0.0440. The number of hydrogen-bond acceptors (Lipinski definition) is 4. The van der Waals surface area contributed by atoms with Crippen LogP contribution < -0.4 is 10.6 Å². The first-order chi connectivity index (χ1) is 7.76. The quantitative estimate of drug-likeness (QED) is 0.281. The average Bonchev–Trinajstić information content (AvgIpc) is 2.30. The third-order valence-corrected chi connectivity index (χ3v) is 1.85. The van der Waals surface area contributed by atoms with Crippen molar-refractivity contribution in [3.63, 3.8) is 0 Å². The molecule has 0 spiro atoms. The van der Waals surface area contributed by atoms with Gasteiger partial charge < -0.3 is 15.4 Å². The predicted molar refractivity (Wildman–Crippen MR) is 61.9 cm³/mol. The lowest BCUT2D eigenvalue weighted by atomic mass is 10.3. The van der Waals surface area contributed by atoms with Gasteiger partial charge >= 0.3 is 0 Å². The summed E-state index contributed by atoms with van der Waals surface area (Å²) in [6, 6.07) is 1.81. The highest BCUT2D eigenvalue weighted by Crippen LogP contribution is 1.90. The Morgan fingerprint density at radius 3 is 2.88 bits per heavy atom. The van der Waals surface area contributed by atoms with Crippen LogP contribution in [-0.2, 0) is 9.53 Å². The van der Waals surface area contributed by atoms with Crippen LogP contribution in [0.15, 0.2) is 11.8 Å². The minimum atomic E-state index is -0.388. The molecular formula is C10H16ClN3O2. The minimum absolute atomic E-state index is 0.0440. The molecule has 0 aromatic heterocycles. The van der Waals surface area contributed by atoms with Crippen LogP contribution in [-0.4, -0.2) is 38.6 Å². The zero-order valence-electron chi connectivity index (χ0n) is 9.25. The first kappa shape index (κ1) is 14.8. The number of hydrogen-bond donors (Lipinski definition) is 2. The smallest absolute Gasteiger partial charge is 0.263 e. The number of carbonyl (C=O) groups is 1. The fourth-order valence-corrected chi connectivity index (χ4v) is 1.00. The Morgan fingerprint density at radius 2 is 2.31 bits per heavy atom. The summed E-state index contributed by atoms with van der Waals surface area (Å²) in [6.45, 7) is 1.58. The van der Waals surface area contributed by atoms with Gasteiger partial charge in [-0.15, -0.1) is 11.6 Å². The topological polar surface area (TPSA) is 74.1 Å². The number of rotatable bonds is 8. The van der Waals surface area contributed by atoms with Gasteiger partial charge in [-0.1, -0.05) is 0 Å². The van der Waals surface area contributed by atoms with Crippen LogP contribution in [0.5, 0.6) is 0 Å². The predicted octanol–water partition coefficient (Wildman–Crippen LogP) is 0.375. The van der Waals surface area contributed by atoms with Crippen LogP contribution in [0.1, 0.15) is 6.42 Å². The normalized spacial score (nSPS) is 10.7. The zero-order valence-corrected chi connectivity index (χ0v) is 10.0. The molecule has 0 aliphatic rings. The molecule has 0 atom stereocenters. The Kier molecular flexibility index (Phi) is 9.47. The molecule has 0 unspecified atom stereocenters. The van der Waals surface area contributed by atoms with Gasteiger partial charge in [0.25, 0.3) is 5.91 Å². The second-order valence-electron chi connectivity index (χ2n) is 2.92. The van der Waals surface area contributed by atoms with Gasteiger partial charge in [-0.25, -0.2) is 0 Å². The van der Waals surface area contributed by atoms with Crippen LogP contribution >= 0.6 is 11.6 Å². The number of alkyl halides is 1. The molecular weight excluding hydrogens is 230 g/mol. The van der Waals surface area contributed by atoms with Crippen LogP contribution in [0, 0.1) is 11.3 Å². The number of carbonyl (C=O) groups excluding carboxylic acids is 1. The van der Waals surface area contributed by atoms with Crippen molar-refractivity contribution in [2.75, 3.05) is 32.7 Å². The van der Waals surface area contributed by atoms with Crippen molar-refractivity contribution < 1.29 is 9.53 Å². The Bertz CT molecular complexity index is 274. The molecule has 90 valence electrons. The van der Waals surface area contributed by atoms with Gasteiger partial charge in [0.15, 0.2) is 0 Å². The van der Waals surface area contributed by atoms with E-state index in [2.05, 4.69) is 10.6 Å². The molecule has 0 bridgehead atoms. The van der Waals surface area contributed by atoms with Gasteiger partial charge in [0.1, 0.15) is 11.6 Å². The third-order valence-electron chi connectivity index (χ3n) is 1.66. The molecule has 0 radical (unpaired) electrons. The van der Waals surface area contributed by atoms with Gasteiger partial charge in [-0.2, -0.15) is 5.26 Å². The molecule has 0 rings (SSSR count). The van der Waals surface area contributed by atoms with Crippen LogP contribution in [0.25, 0.3) is 0 Å². The summed E-state index contributed by atoms with van der Waals surface area (Å²) < 4.78 is 4.83. The summed E-state index contributed by atoms with van der Waals surface area (Å²) in [7, 11) is 1.60. The van der Waals surface area contributed by atoms with Crippen LogP contribution in [0.3, 0.4) is 0 Å². The SMILES string of the molecule is COCCCNC(=O)/C(C#N)=C\NCCCl. The Balaban J connectivity index is 3.92. The van der Waals surface area contributed by atoms with E-state index >= 15 is 0 Å². The minimum Gasteiger partial charge on any atom is -0.388 e. The van der Waals surface area contributed by atoms with E-state index in [9.17, 15) is 4.79 Å². The average molecular weight is 246 g/mol. The molecule has 0 aliphatic carbocycles. The molecule has 16 heavy (non-hydrogen) atoms. The standard InChI is InChI=1S/C10H16ClN3O2/c1-16-6-2-4-14-10(15)9(7-12)8-13-5-3-11/h8,13H,2-6H2,1H3,(H,14,15)/b9-8-. The highest BCUT2D eigenvalue weighted by atomic mass is 35.5. The van der Waals surface area contributed by atoms with E-state index in [1.807, 2.05) is 6.07 Å². The molecule has 0 fully saturated rings. The Morgan fingerprint density at radius 1 is 1.56 bits per heavy atom. The lowest BCUT2D eigenvalue weighted by Crippen LogP contribution is -2.27. The van der Waals surface area contributed by atoms with Gasteiger partial charge in [-0.05, 0) is 6.42 Å². The van der Waals surface area contributed by atoms with Crippen molar-refractivity contribution in [2.24, 2.45) is 0 Å². The number of amides is 1. The zero-order chi connectivity index (χ0) is 12.2. The molecule has 0 saturated carbocycles. The van der Waals surface area contributed by atoms with E-state index < -0.39 is 0 Å². The largest absolute Gasteiger partial charge is 0.388 e. The number of nitrogens with zero attached hydrogens (tertiary/aromatic N) is 1. The molecule has 0 aromatic rings. The van der Waals surface area contributed by atoms with E-state index in [1.54, 1.807) is 7.11 Å². The van der Waals surface area contributed by atoms with Crippen molar-refractivity contribution in [3.05, 3.63) is 11.8 Å². The van der Waals surface area contributed by atoms with Gasteiger partial charge in [0.05, 0.1) is 0 Å². The third kappa shape index (κ3) is 7.10. The van der Waals surface area contributed by atoms with Gasteiger partial charge in [0, 0.05) is 38.9 Å². The van der Waals surface area contributed by atoms with E-state index in [1.165, 1.54) is 6.20 Å². The molecule has 6 heteroatoms. The fourth-order valence-electron chi connectivity index (χ4n) is 0.891. The first-order valence-corrected chi connectivity index (χ1v) is 5.46. The maximum Gasteiger partial charge on any atom is 0.263 e. The van der Waals surface area contributed by atoms with Crippen molar-refractivity contribution in [1.29, 1.82) is 5.26 Å². The van der Waals surface area contributed by atoms with E-state index in [0.717, 1.165) is 6.42 Å². The van der Waals surface area contributed by atoms with E-state index in [4.69, 9.17) is 21.6 Å². The maximum absolute atomic E-state index is 11.4. The number of nitrogens with one attached hydrogen (secondary N) is 2.